The van der Waals surface area contributed by atoms with E-state index in [9.17, 15) is 24.0 Å². The molecule has 0 spiro atoms. The Morgan fingerprint density at radius 3 is 2.09 bits per heavy atom. The molecule has 0 aliphatic carbocycles. The number of esters is 1. The average Bonchev–Trinajstić information content (AvgIpc) is 2.88. The highest BCUT2D eigenvalue weighted by Crippen LogP contribution is 2.22. The van der Waals surface area contributed by atoms with Crippen LogP contribution in [0.3, 0.4) is 0 Å². The van der Waals surface area contributed by atoms with Gasteiger partial charge in [-0.15, -0.1) is 0 Å². The van der Waals surface area contributed by atoms with Crippen molar-refractivity contribution in [2.75, 3.05) is 6.54 Å². The monoisotopic (exact) mass is 469 g/mol. The molecular formula is C27H19NO7. The van der Waals surface area contributed by atoms with Crippen molar-refractivity contribution in [3.05, 3.63) is 112 Å². The minimum absolute atomic E-state index is 0.121. The van der Waals surface area contributed by atoms with E-state index < -0.39 is 29.1 Å². The molecule has 0 unspecified atom stereocenters. The minimum Gasteiger partial charge on any atom is -0.423 e. The first-order valence-corrected chi connectivity index (χ1v) is 10.7. The van der Waals surface area contributed by atoms with Crippen molar-refractivity contribution in [1.82, 2.24) is 5.32 Å². The molecule has 1 N–H and O–H groups in total. The number of ketones is 2. The molecule has 0 fully saturated rings. The molecule has 1 aromatic heterocycles. The molecule has 0 saturated carbocycles. The SMILES string of the molecule is CCNC(=O)c1cc2ccc(OC(=O)c3ccc(C(=O)C(=O)c4ccccc4)cc3)cc2oc1=O. The first-order valence-electron chi connectivity index (χ1n) is 10.7. The molecule has 0 bridgehead atoms. The van der Waals surface area contributed by atoms with Crippen molar-refractivity contribution < 1.29 is 28.3 Å². The number of ether oxygens (including phenoxy) is 1. The second-order valence-corrected chi connectivity index (χ2v) is 7.50. The third-order valence-corrected chi connectivity index (χ3v) is 5.12. The number of carbonyl (C=O) groups is 4. The zero-order valence-electron chi connectivity index (χ0n) is 18.6. The van der Waals surface area contributed by atoms with E-state index in [0.29, 0.717) is 11.9 Å². The van der Waals surface area contributed by atoms with Crippen molar-refractivity contribution in [1.29, 1.82) is 0 Å². The van der Waals surface area contributed by atoms with Crippen LogP contribution in [0.1, 0.15) is 48.4 Å². The Balaban J connectivity index is 1.49. The van der Waals surface area contributed by atoms with Crippen molar-refractivity contribution in [3.63, 3.8) is 0 Å². The Kier molecular flexibility index (Phi) is 6.64. The maximum Gasteiger partial charge on any atom is 0.349 e. The minimum atomic E-state index is -0.808. The molecule has 1 amide bonds. The summed E-state index contributed by atoms with van der Waals surface area (Å²) in [6.07, 6.45) is 0. The van der Waals surface area contributed by atoms with Crippen LogP contribution in [-0.2, 0) is 0 Å². The lowest BCUT2D eigenvalue weighted by Gasteiger charge is -2.07. The van der Waals surface area contributed by atoms with E-state index in [1.165, 1.54) is 42.5 Å². The van der Waals surface area contributed by atoms with Gasteiger partial charge in [0.1, 0.15) is 16.9 Å². The van der Waals surface area contributed by atoms with Gasteiger partial charge in [-0.1, -0.05) is 42.5 Å². The number of fused-ring (bicyclic) bond motifs is 1. The summed E-state index contributed by atoms with van der Waals surface area (Å²) in [5, 5.41) is 3.02. The molecule has 0 aliphatic heterocycles. The van der Waals surface area contributed by atoms with Crippen LogP contribution in [0.5, 0.6) is 5.75 Å². The fourth-order valence-electron chi connectivity index (χ4n) is 3.34. The Hall–Kier alpha value is -4.85. The van der Waals surface area contributed by atoms with Crippen molar-refractivity contribution in [2.24, 2.45) is 0 Å². The molecule has 35 heavy (non-hydrogen) atoms. The van der Waals surface area contributed by atoms with Crippen LogP contribution in [0.2, 0.25) is 0 Å². The summed E-state index contributed by atoms with van der Waals surface area (Å²) in [5.74, 6) is -2.46. The number of benzene rings is 3. The van der Waals surface area contributed by atoms with Crippen molar-refractivity contribution >= 4 is 34.4 Å². The van der Waals surface area contributed by atoms with Crippen molar-refractivity contribution in [2.45, 2.75) is 6.92 Å². The molecule has 8 nitrogen and oxygen atoms in total. The lowest BCUT2D eigenvalue weighted by atomic mass is 10.0. The van der Waals surface area contributed by atoms with Crippen molar-refractivity contribution in [3.8, 4) is 5.75 Å². The zero-order valence-corrected chi connectivity index (χ0v) is 18.6. The third-order valence-electron chi connectivity index (χ3n) is 5.12. The smallest absolute Gasteiger partial charge is 0.349 e. The average molecular weight is 469 g/mol. The maximum atomic E-state index is 12.5. The third kappa shape index (κ3) is 5.06. The highest BCUT2D eigenvalue weighted by molar-refractivity contribution is 6.49. The summed E-state index contributed by atoms with van der Waals surface area (Å²) in [4.78, 5) is 61.4. The number of Topliss-reactive ketones (excluding diaryl/α,β-unsaturated/α-hetero) is 2. The Morgan fingerprint density at radius 2 is 1.43 bits per heavy atom. The number of amides is 1. The second kappa shape index (κ2) is 9.96. The molecule has 0 radical (unpaired) electrons. The largest absolute Gasteiger partial charge is 0.423 e. The molecule has 0 atom stereocenters. The van der Waals surface area contributed by atoms with Crippen LogP contribution in [0, 0.1) is 0 Å². The van der Waals surface area contributed by atoms with E-state index in [1.807, 2.05) is 0 Å². The van der Waals surface area contributed by atoms with Gasteiger partial charge in [0, 0.05) is 29.1 Å². The molecule has 0 saturated heterocycles. The molecule has 1 heterocycles. The predicted molar refractivity (Wildman–Crippen MR) is 127 cm³/mol. The molecule has 8 heteroatoms. The second-order valence-electron chi connectivity index (χ2n) is 7.50. The summed E-state index contributed by atoms with van der Waals surface area (Å²) >= 11 is 0. The molecule has 4 aromatic rings. The highest BCUT2D eigenvalue weighted by Gasteiger charge is 2.19. The number of rotatable bonds is 7. The number of hydrogen-bond donors (Lipinski definition) is 1. The molecule has 174 valence electrons. The van der Waals surface area contributed by atoms with Gasteiger partial charge in [-0.25, -0.2) is 9.59 Å². The van der Waals surface area contributed by atoms with E-state index in [-0.39, 0.29) is 33.6 Å². The quantitative estimate of drug-likeness (QED) is 0.144. The molecule has 0 aliphatic rings. The molecular weight excluding hydrogens is 450 g/mol. The lowest BCUT2D eigenvalue weighted by Crippen LogP contribution is -2.27. The summed E-state index contributed by atoms with van der Waals surface area (Å²) in [5.41, 5.74) is -0.204. The summed E-state index contributed by atoms with van der Waals surface area (Å²) in [6, 6.07) is 19.5. The Morgan fingerprint density at radius 1 is 0.800 bits per heavy atom. The topological polar surface area (TPSA) is 120 Å². The number of carbonyl (C=O) groups excluding carboxylic acids is 4. The first-order chi connectivity index (χ1) is 16.9. The van der Waals surface area contributed by atoms with Gasteiger partial charge in [0.25, 0.3) is 5.91 Å². The van der Waals surface area contributed by atoms with Gasteiger partial charge in [-0.3, -0.25) is 14.4 Å². The normalized spacial score (nSPS) is 10.5. The maximum absolute atomic E-state index is 12.5. The van der Waals surface area contributed by atoms with E-state index in [2.05, 4.69) is 5.32 Å². The first kappa shape index (κ1) is 23.3. The number of nitrogens with one attached hydrogen (secondary N) is 1. The van der Waals surface area contributed by atoms with Crippen LogP contribution in [0.4, 0.5) is 0 Å². The standard InChI is InChI=1S/C27H19NO7/c1-2-28-25(31)21-14-19-12-13-20(15-22(19)35-27(21)33)34-26(32)18-10-8-17(9-11-18)24(30)23(29)16-6-4-3-5-7-16/h3-15H,2H2,1H3,(H,28,31). The van der Waals surface area contributed by atoms with Crippen LogP contribution in [-0.4, -0.2) is 30.0 Å². The van der Waals surface area contributed by atoms with Crippen LogP contribution < -0.4 is 15.7 Å². The van der Waals surface area contributed by atoms with Gasteiger partial charge in [0.15, 0.2) is 0 Å². The van der Waals surface area contributed by atoms with E-state index in [0.717, 1.165) is 0 Å². The van der Waals surface area contributed by atoms with Crippen LogP contribution >= 0.6 is 0 Å². The number of hydrogen-bond acceptors (Lipinski definition) is 7. The predicted octanol–water partition coefficient (Wildman–Crippen LogP) is 3.83. The molecule has 3 aromatic carbocycles. The van der Waals surface area contributed by atoms with Gasteiger partial charge in [-0.2, -0.15) is 0 Å². The Labute approximate surface area is 199 Å². The fraction of sp³-hybridized carbons (Fsp3) is 0.0741. The Bertz CT molecular complexity index is 1500. The fourth-order valence-corrected chi connectivity index (χ4v) is 3.34. The van der Waals surface area contributed by atoms with Gasteiger partial charge in [0.2, 0.25) is 11.6 Å². The van der Waals surface area contributed by atoms with Gasteiger partial charge >= 0.3 is 11.6 Å². The summed E-state index contributed by atoms with van der Waals surface area (Å²) < 4.78 is 10.6. The van der Waals surface area contributed by atoms with E-state index in [1.54, 1.807) is 43.3 Å². The molecule has 4 rings (SSSR count). The van der Waals surface area contributed by atoms with Gasteiger partial charge < -0.3 is 14.5 Å². The summed E-state index contributed by atoms with van der Waals surface area (Å²) in [7, 11) is 0. The van der Waals surface area contributed by atoms with Crippen LogP contribution in [0.15, 0.2) is 88.1 Å². The lowest BCUT2D eigenvalue weighted by molar-refractivity contribution is 0.0734. The highest BCUT2D eigenvalue weighted by atomic mass is 16.5. The van der Waals surface area contributed by atoms with Crippen LogP contribution in [0.25, 0.3) is 11.0 Å². The summed E-state index contributed by atoms with van der Waals surface area (Å²) in [6.45, 7) is 2.10. The zero-order chi connectivity index (χ0) is 24.9. The van der Waals surface area contributed by atoms with E-state index in [4.69, 9.17) is 9.15 Å². The van der Waals surface area contributed by atoms with Gasteiger partial charge in [0.05, 0.1) is 5.56 Å². The van der Waals surface area contributed by atoms with E-state index >= 15 is 0 Å². The van der Waals surface area contributed by atoms with Gasteiger partial charge in [-0.05, 0) is 37.3 Å².